The molecule has 0 aliphatic rings. The first-order chi connectivity index (χ1) is 11.8. The van der Waals surface area contributed by atoms with Gasteiger partial charge in [-0.2, -0.15) is 8.42 Å². The predicted octanol–water partition coefficient (Wildman–Crippen LogP) is 3.60. The highest BCUT2D eigenvalue weighted by atomic mass is 32.2. The molecule has 0 bridgehead atoms. The monoisotopic (exact) mass is 372 g/mol. The first-order valence-corrected chi connectivity index (χ1v) is 10.4. The Labute approximate surface area is 152 Å². The van der Waals surface area contributed by atoms with Crippen LogP contribution in [0.4, 0.5) is 5.69 Å². The van der Waals surface area contributed by atoms with Crippen LogP contribution in [-0.2, 0) is 10.3 Å². The van der Waals surface area contributed by atoms with Crippen molar-refractivity contribution in [1.29, 1.82) is 0 Å². The summed E-state index contributed by atoms with van der Waals surface area (Å²) in [7, 11) is -0.748. The fraction of sp³-hybridized carbons (Fsp3) is 0.667. The van der Waals surface area contributed by atoms with Crippen molar-refractivity contribution in [3.63, 3.8) is 0 Å². The van der Waals surface area contributed by atoms with Gasteiger partial charge in [0.05, 0.1) is 12.3 Å². The first kappa shape index (κ1) is 21.7. The lowest BCUT2D eigenvalue weighted by atomic mass is 10.2. The molecule has 1 aromatic rings. The first-order valence-electron chi connectivity index (χ1n) is 8.97. The van der Waals surface area contributed by atoms with E-state index in [0.29, 0.717) is 18.0 Å². The molecule has 0 atom stereocenters. The van der Waals surface area contributed by atoms with Gasteiger partial charge in [-0.15, -0.1) is 0 Å². The van der Waals surface area contributed by atoms with Crippen molar-refractivity contribution < 1.29 is 17.7 Å². The quantitative estimate of drug-likeness (QED) is 0.423. The van der Waals surface area contributed by atoms with Crippen LogP contribution in [0, 0.1) is 0 Å². The van der Waals surface area contributed by atoms with Crippen molar-refractivity contribution in [2.24, 2.45) is 0 Å². The third kappa shape index (κ3) is 9.09. The van der Waals surface area contributed by atoms with E-state index in [1.165, 1.54) is 39.3 Å². The van der Waals surface area contributed by atoms with E-state index in [-0.39, 0.29) is 0 Å². The Morgan fingerprint density at radius 3 is 2.12 bits per heavy atom. The van der Waals surface area contributed by atoms with Crippen molar-refractivity contribution in [3.8, 4) is 5.75 Å². The van der Waals surface area contributed by atoms with E-state index >= 15 is 0 Å². The number of ether oxygens (including phenoxy) is 1. The summed E-state index contributed by atoms with van der Waals surface area (Å²) in [6.07, 6.45) is 7.13. The molecule has 0 amide bonds. The summed E-state index contributed by atoms with van der Waals surface area (Å²) in [6, 6.07) is 6.62. The van der Waals surface area contributed by atoms with Gasteiger partial charge < -0.3 is 9.64 Å². The summed E-state index contributed by atoms with van der Waals surface area (Å²) in [4.78, 5) is 2.39. The van der Waals surface area contributed by atoms with Gasteiger partial charge in [-0.3, -0.25) is 8.86 Å². The van der Waals surface area contributed by atoms with Crippen LogP contribution in [0.5, 0.6) is 5.75 Å². The fourth-order valence-electron chi connectivity index (χ4n) is 2.48. The maximum Gasteiger partial charge on any atom is 0.359 e. The topological polar surface area (TPSA) is 70.1 Å². The molecule has 0 aliphatic carbocycles. The van der Waals surface area contributed by atoms with E-state index in [1.54, 1.807) is 24.3 Å². The summed E-state index contributed by atoms with van der Waals surface area (Å²) in [6.45, 7) is 5.17. The van der Waals surface area contributed by atoms with Crippen LogP contribution in [0.1, 0.15) is 45.4 Å². The Morgan fingerprint density at radius 1 is 0.960 bits per heavy atom. The molecule has 1 aromatic carbocycles. The van der Waals surface area contributed by atoms with Crippen LogP contribution < -0.4 is 9.04 Å². The summed E-state index contributed by atoms with van der Waals surface area (Å²) < 4.78 is 37.6. The lowest BCUT2D eigenvalue weighted by Gasteiger charge is -2.16. The number of benzene rings is 1. The van der Waals surface area contributed by atoms with Gasteiger partial charge in [0, 0.05) is 7.05 Å². The Bertz CT molecular complexity index is 575. The molecule has 1 N–H and O–H groups in total. The summed E-state index contributed by atoms with van der Waals surface area (Å²) in [5.74, 6) is 0.698. The molecule has 0 heterocycles. The average Bonchev–Trinajstić information content (AvgIpc) is 2.57. The van der Waals surface area contributed by atoms with Gasteiger partial charge >= 0.3 is 10.3 Å². The molecule has 0 fully saturated rings. The molecule has 25 heavy (non-hydrogen) atoms. The zero-order valence-electron chi connectivity index (χ0n) is 15.6. The third-order valence-electron chi connectivity index (χ3n) is 4.14. The standard InChI is InChI=1S/C18H32N2O4S/c1-4-5-7-14-19(2)15-8-6-9-16-24-18-12-10-17(11-13-18)20(3)25(21,22)23/h10-13H,4-9,14-16H2,1-3H3,(H,21,22,23). The molecule has 0 aromatic heterocycles. The number of unbranched alkanes of at least 4 members (excludes halogenated alkanes) is 4. The highest BCUT2D eigenvalue weighted by molar-refractivity contribution is 7.87. The molecule has 0 saturated heterocycles. The van der Waals surface area contributed by atoms with Gasteiger partial charge in [-0.25, -0.2) is 0 Å². The molecule has 144 valence electrons. The van der Waals surface area contributed by atoms with Crippen molar-refractivity contribution in [2.45, 2.75) is 45.4 Å². The molecule has 6 nitrogen and oxygen atoms in total. The second-order valence-electron chi connectivity index (χ2n) is 6.36. The fourth-order valence-corrected chi connectivity index (χ4v) is 2.87. The number of rotatable bonds is 13. The zero-order chi connectivity index (χ0) is 18.7. The van der Waals surface area contributed by atoms with E-state index in [0.717, 1.165) is 23.7 Å². The third-order valence-corrected chi connectivity index (χ3v) is 5.05. The molecule has 0 spiro atoms. The minimum absolute atomic E-state index is 0.390. The van der Waals surface area contributed by atoms with Crippen LogP contribution in [0.25, 0.3) is 0 Å². The van der Waals surface area contributed by atoms with E-state index in [1.807, 2.05) is 0 Å². The largest absolute Gasteiger partial charge is 0.494 e. The minimum Gasteiger partial charge on any atom is -0.494 e. The summed E-state index contributed by atoms with van der Waals surface area (Å²) in [5, 5.41) is 0. The number of hydrogen-bond donors (Lipinski definition) is 1. The maximum absolute atomic E-state index is 11.1. The average molecular weight is 373 g/mol. The van der Waals surface area contributed by atoms with Crippen LogP contribution in [0.3, 0.4) is 0 Å². The molecular formula is C18H32N2O4S. The SMILES string of the molecule is CCCCCN(C)CCCCCOc1ccc(N(C)S(=O)(=O)O)cc1. The number of anilines is 1. The van der Waals surface area contributed by atoms with Crippen LogP contribution >= 0.6 is 0 Å². The van der Waals surface area contributed by atoms with Crippen molar-refractivity contribution in [2.75, 3.05) is 38.1 Å². The molecule has 0 aliphatic heterocycles. The van der Waals surface area contributed by atoms with Gasteiger partial charge in [-0.05, 0) is 70.1 Å². The van der Waals surface area contributed by atoms with Gasteiger partial charge in [0.25, 0.3) is 0 Å². The van der Waals surface area contributed by atoms with Gasteiger partial charge in [-0.1, -0.05) is 19.8 Å². The molecular weight excluding hydrogens is 340 g/mol. The lowest BCUT2D eigenvalue weighted by Crippen LogP contribution is -2.25. The van der Waals surface area contributed by atoms with Crippen LogP contribution in [-0.4, -0.2) is 51.7 Å². The Balaban J connectivity index is 2.18. The number of nitrogens with zero attached hydrogens (tertiary/aromatic N) is 2. The second-order valence-corrected chi connectivity index (χ2v) is 7.80. The smallest absolute Gasteiger partial charge is 0.359 e. The Kier molecular flexibility index (Phi) is 9.85. The second kappa shape index (κ2) is 11.3. The van der Waals surface area contributed by atoms with E-state index in [9.17, 15) is 8.42 Å². The minimum atomic E-state index is -4.22. The molecule has 0 radical (unpaired) electrons. The normalized spacial score (nSPS) is 11.7. The van der Waals surface area contributed by atoms with Crippen molar-refractivity contribution in [1.82, 2.24) is 4.90 Å². The Hall–Kier alpha value is -1.31. The predicted molar refractivity (Wildman–Crippen MR) is 103 cm³/mol. The highest BCUT2D eigenvalue weighted by Gasteiger charge is 2.13. The molecule has 0 unspecified atom stereocenters. The van der Waals surface area contributed by atoms with Gasteiger partial charge in [0.15, 0.2) is 0 Å². The van der Waals surface area contributed by atoms with Gasteiger partial charge in [0.1, 0.15) is 5.75 Å². The van der Waals surface area contributed by atoms with E-state index in [4.69, 9.17) is 9.29 Å². The molecule has 1 rings (SSSR count). The van der Waals surface area contributed by atoms with Crippen LogP contribution in [0.15, 0.2) is 24.3 Å². The van der Waals surface area contributed by atoms with Gasteiger partial charge in [0.2, 0.25) is 0 Å². The lowest BCUT2D eigenvalue weighted by molar-refractivity contribution is 0.287. The van der Waals surface area contributed by atoms with E-state index < -0.39 is 10.3 Å². The Morgan fingerprint density at radius 2 is 1.56 bits per heavy atom. The van der Waals surface area contributed by atoms with Crippen molar-refractivity contribution >= 4 is 16.0 Å². The highest BCUT2D eigenvalue weighted by Crippen LogP contribution is 2.20. The summed E-state index contributed by atoms with van der Waals surface area (Å²) in [5.41, 5.74) is 0.390. The molecule has 0 saturated carbocycles. The van der Waals surface area contributed by atoms with Crippen LogP contribution in [0.2, 0.25) is 0 Å². The zero-order valence-corrected chi connectivity index (χ0v) is 16.5. The maximum atomic E-state index is 11.1. The number of hydrogen-bond acceptors (Lipinski definition) is 4. The van der Waals surface area contributed by atoms with E-state index in [2.05, 4.69) is 18.9 Å². The summed E-state index contributed by atoms with van der Waals surface area (Å²) >= 11 is 0. The van der Waals surface area contributed by atoms with Crippen molar-refractivity contribution in [3.05, 3.63) is 24.3 Å². The molecule has 7 heteroatoms.